The number of urea groups is 1. The molecule has 126 valence electrons. The molecule has 0 bridgehead atoms. The van der Waals surface area contributed by atoms with Gasteiger partial charge in [-0.2, -0.15) is 0 Å². The summed E-state index contributed by atoms with van der Waals surface area (Å²) in [4.78, 5) is 24.6. The van der Waals surface area contributed by atoms with Gasteiger partial charge in [0.1, 0.15) is 0 Å². The Labute approximate surface area is 153 Å². The second-order valence-electron chi connectivity index (χ2n) is 5.09. The number of carbonyl (C=O) groups is 2. The quantitative estimate of drug-likeness (QED) is 0.634. The zero-order valence-electron chi connectivity index (χ0n) is 13.1. The fourth-order valence-electron chi connectivity index (χ4n) is 2.19. The first-order valence-electron chi connectivity index (χ1n) is 7.23. The molecular formula is C17H18BrN3O2S. The summed E-state index contributed by atoms with van der Waals surface area (Å²) in [6.07, 6.45) is 2.08. The van der Waals surface area contributed by atoms with E-state index in [2.05, 4.69) is 26.6 Å². The van der Waals surface area contributed by atoms with Crippen LogP contribution in [0.25, 0.3) is 0 Å². The first kappa shape index (κ1) is 18.4. The van der Waals surface area contributed by atoms with Crippen LogP contribution in [0.2, 0.25) is 0 Å². The monoisotopic (exact) mass is 407 g/mol. The van der Waals surface area contributed by atoms with Gasteiger partial charge in [-0.25, -0.2) is 4.79 Å². The van der Waals surface area contributed by atoms with Crippen molar-refractivity contribution >= 4 is 45.3 Å². The molecule has 1 atom stereocenters. The van der Waals surface area contributed by atoms with Crippen molar-refractivity contribution in [2.75, 3.05) is 11.6 Å². The highest BCUT2D eigenvalue weighted by Crippen LogP contribution is 2.21. The van der Waals surface area contributed by atoms with Crippen molar-refractivity contribution in [1.29, 1.82) is 0 Å². The van der Waals surface area contributed by atoms with Gasteiger partial charge in [-0.05, 0) is 48.2 Å². The average molecular weight is 408 g/mol. The third-order valence-corrected chi connectivity index (χ3v) is 4.62. The number of amides is 3. The van der Waals surface area contributed by atoms with E-state index in [0.29, 0.717) is 5.69 Å². The average Bonchev–Trinajstić information content (AvgIpc) is 2.55. The maximum Gasteiger partial charge on any atom is 0.312 e. The van der Waals surface area contributed by atoms with Gasteiger partial charge in [0.05, 0.1) is 12.5 Å². The van der Waals surface area contributed by atoms with E-state index in [9.17, 15) is 9.59 Å². The van der Waals surface area contributed by atoms with Gasteiger partial charge >= 0.3 is 6.03 Å². The van der Waals surface area contributed by atoms with Crippen LogP contribution >= 0.6 is 27.7 Å². The Morgan fingerprint density at radius 3 is 2.29 bits per heavy atom. The van der Waals surface area contributed by atoms with Gasteiger partial charge < -0.3 is 16.4 Å². The molecule has 0 aliphatic carbocycles. The summed E-state index contributed by atoms with van der Waals surface area (Å²) >= 11 is 4.99. The summed E-state index contributed by atoms with van der Waals surface area (Å²) in [6, 6.07) is 13.8. The molecule has 24 heavy (non-hydrogen) atoms. The molecule has 0 heterocycles. The minimum Gasteiger partial charge on any atom is -0.352 e. The lowest BCUT2D eigenvalue weighted by Gasteiger charge is -2.18. The Balaban J connectivity index is 2.05. The van der Waals surface area contributed by atoms with Crippen molar-refractivity contribution in [2.24, 2.45) is 5.73 Å². The second kappa shape index (κ2) is 8.75. The zero-order valence-corrected chi connectivity index (χ0v) is 15.5. The number of halogens is 1. The van der Waals surface area contributed by atoms with E-state index in [1.807, 2.05) is 54.8 Å². The van der Waals surface area contributed by atoms with E-state index in [1.54, 1.807) is 11.8 Å². The Bertz CT molecular complexity index is 705. The van der Waals surface area contributed by atoms with Crippen LogP contribution in [0.15, 0.2) is 57.9 Å². The van der Waals surface area contributed by atoms with E-state index < -0.39 is 12.1 Å². The van der Waals surface area contributed by atoms with Gasteiger partial charge in [-0.3, -0.25) is 4.79 Å². The summed E-state index contributed by atoms with van der Waals surface area (Å²) in [6.45, 7) is 0. The van der Waals surface area contributed by atoms with Crippen molar-refractivity contribution in [2.45, 2.75) is 17.4 Å². The molecule has 3 amide bonds. The van der Waals surface area contributed by atoms with Crippen LogP contribution in [-0.2, 0) is 4.79 Å². The van der Waals surface area contributed by atoms with Crippen LogP contribution in [0.4, 0.5) is 10.5 Å². The number of primary amides is 1. The van der Waals surface area contributed by atoms with Gasteiger partial charge in [0.15, 0.2) is 0 Å². The smallest absolute Gasteiger partial charge is 0.312 e. The molecule has 0 saturated carbocycles. The Hall–Kier alpha value is -1.99. The fraction of sp³-hybridized carbons (Fsp3) is 0.176. The van der Waals surface area contributed by atoms with Crippen molar-refractivity contribution in [3.8, 4) is 0 Å². The minimum atomic E-state index is -0.667. The summed E-state index contributed by atoms with van der Waals surface area (Å²) in [5, 5.41) is 5.44. The lowest BCUT2D eigenvalue weighted by Crippen LogP contribution is -2.35. The van der Waals surface area contributed by atoms with Crippen LogP contribution in [-0.4, -0.2) is 18.2 Å². The highest BCUT2D eigenvalue weighted by atomic mass is 79.9. The Morgan fingerprint density at radius 1 is 1.12 bits per heavy atom. The zero-order chi connectivity index (χ0) is 17.5. The number of nitrogens with one attached hydrogen (secondary N) is 2. The highest BCUT2D eigenvalue weighted by Gasteiger charge is 2.17. The second-order valence-corrected chi connectivity index (χ2v) is 6.89. The standard InChI is InChI=1S/C17H18BrN3O2S/c1-24-14-8-6-13(7-9-14)20-16(22)10-15(21-17(19)23)11-2-4-12(18)5-3-11/h2-9,15H,10H2,1H3,(H,20,22)(H3,19,21,23)/t15-/m1/s1. The van der Waals surface area contributed by atoms with Gasteiger partial charge in [-0.1, -0.05) is 28.1 Å². The molecule has 0 aliphatic heterocycles. The number of anilines is 1. The predicted octanol–water partition coefficient (Wildman–Crippen LogP) is 3.91. The molecule has 0 aliphatic rings. The maximum atomic E-state index is 12.3. The van der Waals surface area contributed by atoms with Crippen LogP contribution in [0.5, 0.6) is 0 Å². The number of rotatable bonds is 6. The van der Waals surface area contributed by atoms with Crippen LogP contribution in [0, 0.1) is 0 Å². The molecule has 2 aromatic rings. The van der Waals surface area contributed by atoms with E-state index in [1.165, 1.54) is 0 Å². The molecule has 0 aromatic heterocycles. The van der Waals surface area contributed by atoms with Crippen molar-refractivity contribution in [1.82, 2.24) is 5.32 Å². The number of hydrogen-bond donors (Lipinski definition) is 3. The van der Waals surface area contributed by atoms with E-state index in [0.717, 1.165) is 14.9 Å². The molecule has 5 nitrogen and oxygen atoms in total. The summed E-state index contributed by atoms with van der Waals surface area (Å²) in [5.74, 6) is -0.200. The van der Waals surface area contributed by atoms with Crippen molar-refractivity contribution in [3.05, 3.63) is 58.6 Å². The lowest BCUT2D eigenvalue weighted by molar-refractivity contribution is -0.116. The van der Waals surface area contributed by atoms with E-state index in [4.69, 9.17) is 5.73 Å². The molecule has 4 N–H and O–H groups in total. The minimum absolute atomic E-state index is 0.0921. The number of carbonyl (C=O) groups excluding carboxylic acids is 2. The third-order valence-electron chi connectivity index (χ3n) is 3.35. The third kappa shape index (κ3) is 5.58. The lowest BCUT2D eigenvalue weighted by atomic mass is 10.0. The van der Waals surface area contributed by atoms with Crippen molar-refractivity contribution < 1.29 is 9.59 Å². The van der Waals surface area contributed by atoms with Crippen LogP contribution in [0.3, 0.4) is 0 Å². The Kier molecular flexibility index (Phi) is 6.69. The fourth-order valence-corrected chi connectivity index (χ4v) is 2.86. The molecule has 0 spiro atoms. The van der Waals surface area contributed by atoms with Crippen LogP contribution in [0.1, 0.15) is 18.0 Å². The van der Waals surface area contributed by atoms with Gasteiger partial charge in [-0.15, -0.1) is 11.8 Å². The molecule has 0 unspecified atom stereocenters. The first-order chi connectivity index (χ1) is 11.5. The van der Waals surface area contributed by atoms with Crippen molar-refractivity contribution in [3.63, 3.8) is 0 Å². The number of thioether (sulfide) groups is 1. The summed E-state index contributed by atoms with van der Waals surface area (Å²) in [5.41, 5.74) is 6.75. The number of benzene rings is 2. The molecule has 2 rings (SSSR count). The predicted molar refractivity (Wildman–Crippen MR) is 101 cm³/mol. The van der Waals surface area contributed by atoms with Crippen LogP contribution < -0.4 is 16.4 Å². The molecule has 0 saturated heterocycles. The molecule has 0 fully saturated rings. The topological polar surface area (TPSA) is 84.2 Å². The van der Waals surface area contributed by atoms with E-state index in [-0.39, 0.29) is 12.3 Å². The maximum absolute atomic E-state index is 12.3. The first-order valence-corrected chi connectivity index (χ1v) is 9.25. The van der Waals surface area contributed by atoms with Gasteiger partial charge in [0.25, 0.3) is 0 Å². The Morgan fingerprint density at radius 2 is 1.75 bits per heavy atom. The number of hydrogen-bond acceptors (Lipinski definition) is 3. The molecule has 7 heteroatoms. The summed E-state index contributed by atoms with van der Waals surface area (Å²) < 4.78 is 0.919. The number of nitrogens with two attached hydrogens (primary N) is 1. The van der Waals surface area contributed by atoms with Gasteiger partial charge in [0.2, 0.25) is 5.91 Å². The molecule has 2 aromatic carbocycles. The van der Waals surface area contributed by atoms with Gasteiger partial charge in [0, 0.05) is 15.1 Å². The highest BCUT2D eigenvalue weighted by molar-refractivity contribution is 9.10. The largest absolute Gasteiger partial charge is 0.352 e. The normalized spacial score (nSPS) is 11.6. The summed E-state index contributed by atoms with van der Waals surface area (Å²) in [7, 11) is 0. The molecular weight excluding hydrogens is 390 g/mol. The molecule has 0 radical (unpaired) electrons. The van der Waals surface area contributed by atoms with E-state index >= 15 is 0 Å². The SMILES string of the molecule is CSc1ccc(NC(=O)C[C@@H](NC(N)=O)c2ccc(Br)cc2)cc1.